The van der Waals surface area contributed by atoms with Crippen molar-refractivity contribution in [1.82, 2.24) is 5.32 Å². The Kier molecular flexibility index (Phi) is 4.78. The average Bonchev–Trinajstić information content (AvgIpc) is 2.65. The Morgan fingerprint density at radius 1 is 1.73 bits per heavy atom. The predicted molar refractivity (Wildman–Crippen MR) is 59.4 cm³/mol. The van der Waals surface area contributed by atoms with Crippen molar-refractivity contribution in [2.24, 2.45) is 5.73 Å². The van der Waals surface area contributed by atoms with E-state index in [1.807, 2.05) is 0 Å². The zero-order valence-corrected chi connectivity index (χ0v) is 9.24. The SMILES string of the molecule is C=CCC(N)C(=O)NC1CCCC1OC. The van der Waals surface area contributed by atoms with Gasteiger partial charge in [-0.1, -0.05) is 6.08 Å². The zero-order valence-electron chi connectivity index (χ0n) is 9.24. The number of carbonyl (C=O) groups excluding carboxylic acids is 1. The van der Waals surface area contributed by atoms with Gasteiger partial charge < -0.3 is 15.8 Å². The summed E-state index contributed by atoms with van der Waals surface area (Å²) in [6.45, 7) is 3.56. The largest absolute Gasteiger partial charge is 0.379 e. The molecular formula is C11H20N2O2. The maximum atomic E-state index is 11.6. The molecule has 1 rings (SSSR count). The second-order valence-electron chi connectivity index (χ2n) is 3.95. The number of hydrogen-bond acceptors (Lipinski definition) is 3. The summed E-state index contributed by atoms with van der Waals surface area (Å²) in [7, 11) is 1.68. The van der Waals surface area contributed by atoms with Gasteiger partial charge in [0.05, 0.1) is 18.2 Å². The van der Waals surface area contributed by atoms with Crippen molar-refractivity contribution in [3.63, 3.8) is 0 Å². The molecule has 0 spiro atoms. The predicted octanol–water partition coefficient (Wildman–Crippen LogP) is 0.574. The van der Waals surface area contributed by atoms with Crippen LogP contribution >= 0.6 is 0 Å². The summed E-state index contributed by atoms with van der Waals surface area (Å²) >= 11 is 0. The van der Waals surface area contributed by atoms with Gasteiger partial charge in [-0.2, -0.15) is 0 Å². The number of amides is 1. The molecule has 4 nitrogen and oxygen atoms in total. The Hall–Kier alpha value is -0.870. The van der Waals surface area contributed by atoms with Gasteiger partial charge in [0.15, 0.2) is 0 Å². The maximum absolute atomic E-state index is 11.6. The van der Waals surface area contributed by atoms with Gasteiger partial charge in [-0.25, -0.2) is 0 Å². The number of ether oxygens (including phenoxy) is 1. The Morgan fingerprint density at radius 3 is 3.07 bits per heavy atom. The summed E-state index contributed by atoms with van der Waals surface area (Å²) in [4.78, 5) is 11.6. The molecule has 1 fully saturated rings. The molecule has 0 aromatic heterocycles. The molecule has 1 aliphatic carbocycles. The van der Waals surface area contributed by atoms with Crippen LogP contribution in [0.2, 0.25) is 0 Å². The van der Waals surface area contributed by atoms with Crippen molar-refractivity contribution < 1.29 is 9.53 Å². The molecule has 1 amide bonds. The normalized spacial score (nSPS) is 27.3. The maximum Gasteiger partial charge on any atom is 0.237 e. The lowest BCUT2D eigenvalue weighted by atomic mass is 10.1. The van der Waals surface area contributed by atoms with E-state index in [1.165, 1.54) is 0 Å². The van der Waals surface area contributed by atoms with E-state index in [2.05, 4.69) is 11.9 Å². The summed E-state index contributed by atoms with van der Waals surface area (Å²) in [5, 5.41) is 2.93. The lowest BCUT2D eigenvalue weighted by Crippen LogP contribution is -2.48. The molecule has 0 aromatic rings. The van der Waals surface area contributed by atoms with Crippen LogP contribution in [0.5, 0.6) is 0 Å². The third-order valence-electron chi connectivity index (χ3n) is 2.84. The van der Waals surface area contributed by atoms with Gasteiger partial charge in [0.25, 0.3) is 0 Å². The lowest BCUT2D eigenvalue weighted by Gasteiger charge is -2.21. The highest BCUT2D eigenvalue weighted by Gasteiger charge is 2.29. The van der Waals surface area contributed by atoms with E-state index in [9.17, 15) is 4.79 Å². The first-order valence-corrected chi connectivity index (χ1v) is 5.38. The van der Waals surface area contributed by atoms with Gasteiger partial charge in [-0.3, -0.25) is 4.79 Å². The molecule has 0 saturated heterocycles. The van der Waals surface area contributed by atoms with Gasteiger partial charge in [-0.15, -0.1) is 6.58 Å². The Morgan fingerprint density at radius 2 is 2.47 bits per heavy atom. The molecule has 3 unspecified atom stereocenters. The molecule has 3 atom stereocenters. The van der Waals surface area contributed by atoms with Crippen molar-refractivity contribution >= 4 is 5.91 Å². The summed E-state index contributed by atoms with van der Waals surface area (Å²) in [6, 6.07) is -0.362. The van der Waals surface area contributed by atoms with E-state index in [4.69, 9.17) is 10.5 Å². The highest BCUT2D eigenvalue weighted by Crippen LogP contribution is 2.21. The molecule has 0 aliphatic heterocycles. The molecular weight excluding hydrogens is 192 g/mol. The summed E-state index contributed by atoms with van der Waals surface area (Å²) in [6.07, 6.45) is 5.40. The molecule has 0 radical (unpaired) electrons. The highest BCUT2D eigenvalue weighted by molar-refractivity contribution is 5.82. The highest BCUT2D eigenvalue weighted by atomic mass is 16.5. The van der Waals surface area contributed by atoms with Crippen LogP contribution in [0.3, 0.4) is 0 Å². The van der Waals surface area contributed by atoms with Crippen LogP contribution in [-0.4, -0.2) is 31.2 Å². The molecule has 1 saturated carbocycles. The number of rotatable bonds is 5. The first kappa shape index (κ1) is 12.2. The fourth-order valence-electron chi connectivity index (χ4n) is 1.95. The number of hydrogen-bond donors (Lipinski definition) is 2. The second kappa shape index (κ2) is 5.88. The molecule has 15 heavy (non-hydrogen) atoms. The minimum absolute atomic E-state index is 0.108. The van der Waals surface area contributed by atoms with Crippen LogP contribution in [0.25, 0.3) is 0 Å². The van der Waals surface area contributed by atoms with Crippen LogP contribution in [0.15, 0.2) is 12.7 Å². The van der Waals surface area contributed by atoms with Crippen molar-refractivity contribution in [3.05, 3.63) is 12.7 Å². The van der Waals surface area contributed by atoms with Gasteiger partial charge in [-0.05, 0) is 25.7 Å². The second-order valence-corrected chi connectivity index (χ2v) is 3.95. The van der Waals surface area contributed by atoms with Crippen LogP contribution in [0.1, 0.15) is 25.7 Å². The van der Waals surface area contributed by atoms with Gasteiger partial charge in [0.2, 0.25) is 5.91 Å². The monoisotopic (exact) mass is 212 g/mol. The minimum Gasteiger partial charge on any atom is -0.379 e. The van der Waals surface area contributed by atoms with E-state index in [1.54, 1.807) is 13.2 Å². The van der Waals surface area contributed by atoms with Gasteiger partial charge >= 0.3 is 0 Å². The van der Waals surface area contributed by atoms with Crippen molar-refractivity contribution in [1.29, 1.82) is 0 Å². The minimum atomic E-state index is -0.486. The molecule has 86 valence electrons. The van der Waals surface area contributed by atoms with E-state index < -0.39 is 6.04 Å². The molecule has 0 heterocycles. The topological polar surface area (TPSA) is 64.4 Å². The molecule has 1 aliphatic rings. The number of nitrogens with one attached hydrogen (secondary N) is 1. The number of methoxy groups -OCH3 is 1. The van der Waals surface area contributed by atoms with Crippen molar-refractivity contribution in [2.75, 3.05) is 7.11 Å². The quantitative estimate of drug-likeness (QED) is 0.655. The van der Waals surface area contributed by atoms with E-state index in [-0.39, 0.29) is 18.1 Å². The van der Waals surface area contributed by atoms with E-state index in [0.29, 0.717) is 6.42 Å². The first-order chi connectivity index (χ1) is 7.19. The van der Waals surface area contributed by atoms with Gasteiger partial charge in [0.1, 0.15) is 0 Å². The Balaban J connectivity index is 2.39. The number of carbonyl (C=O) groups is 1. The molecule has 0 aromatic carbocycles. The summed E-state index contributed by atoms with van der Waals surface area (Å²) < 4.78 is 5.29. The first-order valence-electron chi connectivity index (χ1n) is 5.38. The fraction of sp³-hybridized carbons (Fsp3) is 0.727. The van der Waals surface area contributed by atoms with Crippen molar-refractivity contribution in [2.45, 2.75) is 43.9 Å². The molecule has 3 N–H and O–H groups in total. The third-order valence-corrected chi connectivity index (χ3v) is 2.84. The van der Waals surface area contributed by atoms with Crippen LogP contribution < -0.4 is 11.1 Å². The molecule has 0 bridgehead atoms. The number of nitrogens with two attached hydrogens (primary N) is 1. The fourth-order valence-corrected chi connectivity index (χ4v) is 1.95. The Bertz CT molecular complexity index is 231. The van der Waals surface area contributed by atoms with Crippen LogP contribution in [0.4, 0.5) is 0 Å². The van der Waals surface area contributed by atoms with E-state index >= 15 is 0 Å². The summed E-state index contributed by atoms with van der Waals surface area (Å²) in [5.41, 5.74) is 5.67. The van der Waals surface area contributed by atoms with Crippen LogP contribution in [-0.2, 0) is 9.53 Å². The smallest absolute Gasteiger partial charge is 0.237 e. The van der Waals surface area contributed by atoms with Gasteiger partial charge in [0, 0.05) is 7.11 Å². The standard InChI is InChI=1S/C11H20N2O2/c1-3-5-8(12)11(14)13-9-6-4-7-10(9)15-2/h3,8-10H,1,4-7,12H2,2H3,(H,13,14). The zero-order chi connectivity index (χ0) is 11.3. The third kappa shape index (κ3) is 3.32. The lowest BCUT2D eigenvalue weighted by molar-refractivity contribution is -0.123. The summed E-state index contributed by atoms with van der Waals surface area (Å²) in [5.74, 6) is -0.108. The van der Waals surface area contributed by atoms with E-state index in [0.717, 1.165) is 19.3 Å². The van der Waals surface area contributed by atoms with Crippen LogP contribution in [0, 0.1) is 0 Å². The molecule has 4 heteroatoms. The Labute approximate surface area is 90.9 Å². The van der Waals surface area contributed by atoms with Crippen molar-refractivity contribution in [3.8, 4) is 0 Å². The average molecular weight is 212 g/mol.